The molecule has 0 atom stereocenters. The zero-order valence-corrected chi connectivity index (χ0v) is 14.3. The third-order valence-electron chi connectivity index (χ3n) is 3.76. The molecule has 2 aromatic heterocycles. The number of aromatic nitrogens is 3. The molecule has 126 valence electrons. The molecule has 0 fully saturated rings. The largest absolute Gasteiger partial charge is 0.370 e. The molecule has 0 aliphatic carbocycles. The number of nitrogens with zero attached hydrogens (tertiary/aromatic N) is 4. The predicted octanol–water partition coefficient (Wildman–Crippen LogP) is 3.21. The highest BCUT2D eigenvalue weighted by Gasteiger charge is 2.10. The van der Waals surface area contributed by atoms with E-state index in [9.17, 15) is 4.39 Å². The van der Waals surface area contributed by atoms with Crippen LogP contribution in [0.3, 0.4) is 0 Å². The number of nitrogens with one attached hydrogen (secondary N) is 1. The summed E-state index contributed by atoms with van der Waals surface area (Å²) in [4.78, 5) is 6.68. The highest BCUT2D eigenvalue weighted by atomic mass is 19.1. The van der Waals surface area contributed by atoms with Gasteiger partial charge < -0.3 is 10.2 Å². The minimum absolute atomic E-state index is 0.268. The number of hydrogen-bond donors (Lipinski definition) is 1. The maximum Gasteiger partial charge on any atom is 0.158 e. The summed E-state index contributed by atoms with van der Waals surface area (Å²) in [6.45, 7) is 3.83. The first-order chi connectivity index (χ1) is 11.5. The number of aryl methyl sites for hydroxylation is 1. The topological polar surface area (TPSA) is 45.5 Å². The molecule has 0 spiro atoms. The van der Waals surface area contributed by atoms with Crippen LogP contribution in [0.25, 0.3) is 16.9 Å². The molecule has 6 heteroatoms. The Morgan fingerprint density at radius 1 is 1.21 bits per heavy atom. The van der Waals surface area contributed by atoms with E-state index in [1.807, 2.05) is 25.1 Å². The molecule has 0 amide bonds. The minimum atomic E-state index is -0.268. The Kier molecular flexibility index (Phi) is 4.76. The van der Waals surface area contributed by atoms with Gasteiger partial charge in [-0.3, -0.25) is 0 Å². The van der Waals surface area contributed by atoms with Gasteiger partial charge in [0.2, 0.25) is 0 Å². The molecule has 0 aliphatic rings. The highest BCUT2D eigenvalue weighted by molar-refractivity contribution is 5.65. The van der Waals surface area contributed by atoms with Gasteiger partial charge in [-0.25, -0.2) is 9.37 Å². The van der Waals surface area contributed by atoms with Crippen molar-refractivity contribution < 1.29 is 4.39 Å². The first-order valence-electron chi connectivity index (χ1n) is 8.05. The van der Waals surface area contributed by atoms with E-state index in [0.717, 1.165) is 42.2 Å². The second-order valence-corrected chi connectivity index (χ2v) is 6.18. The molecule has 0 saturated carbocycles. The number of rotatable bonds is 6. The number of benzene rings is 1. The lowest BCUT2D eigenvalue weighted by atomic mass is 10.1. The molecular formula is C18H22FN5. The molecule has 5 nitrogen and oxygen atoms in total. The first kappa shape index (κ1) is 16.4. The summed E-state index contributed by atoms with van der Waals surface area (Å²) in [5, 5.41) is 8.01. The zero-order chi connectivity index (χ0) is 17.1. The van der Waals surface area contributed by atoms with Gasteiger partial charge in [0, 0.05) is 29.9 Å². The zero-order valence-electron chi connectivity index (χ0n) is 14.3. The van der Waals surface area contributed by atoms with Crippen LogP contribution in [0.4, 0.5) is 10.2 Å². The van der Waals surface area contributed by atoms with Crippen molar-refractivity contribution in [1.29, 1.82) is 0 Å². The summed E-state index contributed by atoms with van der Waals surface area (Å²) in [5.74, 6) is 0.634. The minimum Gasteiger partial charge on any atom is -0.370 e. The highest BCUT2D eigenvalue weighted by Crippen LogP contribution is 2.22. The molecule has 1 N–H and O–H groups in total. The van der Waals surface area contributed by atoms with Crippen LogP contribution in [0.2, 0.25) is 0 Å². The van der Waals surface area contributed by atoms with Gasteiger partial charge in [0.25, 0.3) is 0 Å². The Morgan fingerprint density at radius 2 is 2.04 bits per heavy atom. The fraction of sp³-hybridized carbons (Fsp3) is 0.333. The molecule has 0 saturated heterocycles. The van der Waals surface area contributed by atoms with Gasteiger partial charge in [0.1, 0.15) is 11.6 Å². The summed E-state index contributed by atoms with van der Waals surface area (Å²) < 4.78 is 15.2. The Balaban J connectivity index is 1.89. The average molecular weight is 327 g/mol. The Labute approximate surface area is 141 Å². The summed E-state index contributed by atoms with van der Waals surface area (Å²) in [7, 11) is 4.13. The van der Waals surface area contributed by atoms with Crippen molar-refractivity contribution in [2.24, 2.45) is 0 Å². The van der Waals surface area contributed by atoms with Crippen LogP contribution in [0.1, 0.15) is 12.1 Å². The lowest BCUT2D eigenvalue weighted by Gasteiger charge is -2.11. The lowest BCUT2D eigenvalue weighted by Crippen LogP contribution is -2.17. The molecular weight excluding hydrogens is 305 g/mol. The van der Waals surface area contributed by atoms with Crippen LogP contribution < -0.4 is 5.32 Å². The quantitative estimate of drug-likeness (QED) is 0.706. The fourth-order valence-corrected chi connectivity index (χ4v) is 2.63. The smallest absolute Gasteiger partial charge is 0.158 e. The number of fused-ring (bicyclic) bond motifs is 1. The Hall–Kier alpha value is -2.47. The molecule has 0 aliphatic heterocycles. The van der Waals surface area contributed by atoms with Gasteiger partial charge in [-0.2, -0.15) is 9.61 Å². The van der Waals surface area contributed by atoms with E-state index in [1.165, 1.54) is 12.1 Å². The number of halogens is 1. The van der Waals surface area contributed by atoms with E-state index < -0.39 is 0 Å². The average Bonchev–Trinajstić information content (AvgIpc) is 2.95. The Bertz CT molecular complexity index is 841. The van der Waals surface area contributed by atoms with E-state index in [2.05, 4.69) is 34.4 Å². The molecule has 0 unspecified atom stereocenters. The lowest BCUT2D eigenvalue weighted by molar-refractivity contribution is 0.405. The summed E-state index contributed by atoms with van der Waals surface area (Å²) in [5.41, 5.74) is 3.13. The van der Waals surface area contributed by atoms with Crippen LogP contribution in [0, 0.1) is 12.7 Å². The molecule has 24 heavy (non-hydrogen) atoms. The van der Waals surface area contributed by atoms with Gasteiger partial charge >= 0.3 is 0 Å². The van der Waals surface area contributed by atoms with Gasteiger partial charge in [-0.05, 0) is 46.1 Å². The summed E-state index contributed by atoms with van der Waals surface area (Å²) in [6, 6.07) is 10.3. The maximum absolute atomic E-state index is 13.5. The van der Waals surface area contributed by atoms with Crippen LogP contribution in [0.5, 0.6) is 0 Å². The monoisotopic (exact) mass is 327 g/mol. The molecule has 1 aromatic carbocycles. The normalized spacial score (nSPS) is 11.4. The molecule has 3 aromatic rings. The van der Waals surface area contributed by atoms with Crippen molar-refractivity contribution in [3.05, 3.63) is 47.9 Å². The summed E-state index contributed by atoms with van der Waals surface area (Å²) >= 11 is 0. The third-order valence-corrected chi connectivity index (χ3v) is 3.76. The summed E-state index contributed by atoms with van der Waals surface area (Å²) in [6.07, 6.45) is 1.04. The second kappa shape index (κ2) is 6.97. The molecule has 0 radical (unpaired) electrons. The van der Waals surface area contributed by atoms with Crippen LogP contribution >= 0.6 is 0 Å². The van der Waals surface area contributed by atoms with Crippen LogP contribution in [-0.4, -0.2) is 46.7 Å². The van der Waals surface area contributed by atoms with E-state index in [4.69, 9.17) is 0 Å². The number of anilines is 1. The van der Waals surface area contributed by atoms with Crippen molar-refractivity contribution in [3.63, 3.8) is 0 Å². The van der Waals surface area contributed by atoms with Gasteiger partial charge in [-0.15, -0.1) is 0 Å². The van der Waals surface area contributed by atoms with Crippen molar-refractivity contribution in [2.75, 3.05) is 32.5 Å². The van der Waals surface area contributed by atoms with E-state index in [-0.39, 0.29) is 5.82 Å². The van der Waals surface area contributed by atoms with Gasteiger partial charge in [0.05, 0.1) is 5.69 Å². The van der Waals surface area contributed by atoms with Gasteiger partial charge in [0.15, 0.2) is 5.65 Å². The maximum atomic E-state index is 13.5. The standard InChI is InChI=1S/C18H22FN5/c1-13-10-17(20-8-5-9-23(2)3)24-18(21-13)12-16(22-24)14-6-4-7-15(19)11-14/h4,6-7,10-12,20H,5,8-9H2,1-3H3. The SMILES string of the molecule is Cc1cc(NCCCN(C)C)n2nc(-c3cccc(F)c3)cc2n1. The van der Waals surface area contributed by atoms with Crippen molar-refractivity contribution in [2.45, 2.75) is 13.3 Å². The predicted molar refractivity (Wildman–Crippen MR) is 94.8 cm³/mol. The molecule has 0 bridgehead atoms. The van der Waals surface area contributed by atoms with Crippen molar-refractivity contribution in [3.8, 4) is 11.3 Å². The third kappa shape index (κ3) is 3.71. The van der Waals surface area contributed by atoms with Crippen molar-refractivity contribution >= 4 is 11.5 Å². The van der Waals surface area contributed by atoms with E-state index >= 15 is 0 Å². The Morgan fingerprint density at radius 3 is 2.79 bits per heavy atom. The van der Waals surface area contributed by atoms with E-state index in [1.54, 1.807) is 10.6 Å². The first-order valence-corrected chi connectivity index (χ1v) is 8.05. The van der Waals surface area contributed by atoms with E-state index in [0.29, 0.717) is 5.69 Å². The molecule has 2 heterocycles. The fourth-order valence-electron chi connectivity index (χ4n) is 2.63. The van der Waals surface area contributed by atoms with Crippen LogP contribution in [-0.2, 0) is 0 Å². The number of hydrogen-bond acceptors (Lipinski definition) is 4. The van der Waals surface area contributed by atoms with Crippen molar-refractivity contribution in [1.82, 2.24) is 19.5 Å². The molecule has 3 rings (SSSR count). The second-order valence-electron chi connectivity index (χ2n) is 6.18. The van der Waals surface area contributed by atoms with Crippen LogP contribution in [0.15, 0.2) is 36.4 Å². The van der Waals surface area contributed by atoms with Gasteiger partial charge in [-0.1, -0.05) is 12.1 Å².